The highest BCUT2D eigenvalue weighted by Crippen LogP contribution is 2.73. The molecular weight excluding hydrogens is 553 g/mol. The molecule has 1 amide bonds. The second-order valence-electron chi connectivity index (χ2n) is 13.5. The number of rotatable bonds is 6. The minimum Gasteiger partial charge on any atom is -0.496 e. The lowest BCUT2D eigenvalue weighted by atomic mass is 9.39. The van der Waals surface area contributed by atoms with E-state index in [9.17, 15) is 26.7 Å². The third-order valence-electron chi connectivity index (χ3n) is 10.5. The Morgan fingerprint density at radius 2 is 1.79 bits per heavy atom. The van der Waals surface area contributed by atoms with Gasteiger partial charge in [-0.25, -0.2) is 8.78 Å². The van der Waals surface area contributed by atoms with Crippen molar-refractivity contribution in [2.75, 3.05) is 13.7 Å². The van der Waals surface area contributed by atoms with E-state index in [-0.39, 0.29) is 44.1 Å². The van der Waals surface area contributed by atoms with Gasteiger partial charge < -0.3 is 15.0 Å². The molecule has 5 fully saturated rings. The fraction of sp³-hybridized carbons (Fsp3) is 0.531. The quantitative estimate of drug-likeness (QED) is 0.295. The van der Waals surface area contributed by atoms with Gasteiger partial charge in [-0.15, -0.1) is 0 Å². The van der Waals surface area contributed by atoms with Crippen molar-refractivity contribution in [2.45, 2.75) is 82.1 Å². The molecule has 2 N–H and O–H groups in total. The molecule has 1 saturated heterocycles. The number of carbonyl (C=O) groups is 1. The number of aromatic nitrogens is 1. The Balaban J connectivity index is 1.13. The summed E-state index contributed by atoms with van der Waals surface area (Å²) in [6.07, 6.45) is -1.46. The van der Waals surface area contributed by atoms with Crippen LogP contribution in [-0.2, 0) is 6.54 Å². The number of aryl methyl sites for hydroxylation is 1. The molecule has 0 unspecified atom stereocenters. The average molecular weight is 588 g/mol. The summed E-state index contributed by atoms with van der Waals surface area (Å²) >= 11 is 0. The number of hydrogen-bond acceptors (Lipinski definition) is 3. The maximum Gasteiger partial charge on any atom is 0.394 e. The van der Waals surface area contributed by atoms with Crippen LogP contribution in [-0.4, -0.2) is 47.1 Å². The van der Waals surface area contributed by atoms with Crippen LogP contribution in [0.3, 0.4) is 0 Å². The lowest BCUT2D eigenvalue weighted by molar-refractivity contribution is -0.336. The standard InChI is InChI=1S/C32H34F5N3O2/c1-19-11-25(42-2)23(22-7-9-38-26(19)22)13-40-10-8-28(14-31(33,34)15-28)12-24(40)20-3-5-21(6-4-20)27(41)39-30-16-29(17-30,18-30)32(35,36)37/h3-7,9,11,24,38H,8,10,12-18H2,1-2H3,(H,39,41)/t24-,29?,30?/m0/s1. The van der Waals surface area contributed by atoms with E-state index < -0.39 is 28.5 Å². The van der Waals surface area contributed by atoms with Crippen molar-refractivity contribution in [1.82, 2.24) is 15.2 Å². The van der Waals surface area contributed by atoms with Crippen LogP contribution in [0.25, 0.3) is 10.9 Å². The van der Waals surface area contributed by atoms with Crippen molar-refractivity contribution in [2.24, 2.45) is 10.8 Å². The molecule has 2 bridgehead atoms. The summed E-state index contributed by atoms with van der Waals surface area (Å²) in [5, 5.41) is 3.90. The van der Waals surface area contributed by atoms with E-state index in [1.165, 1.54) is 0 Å². The Morgan fingerprint density at radius 3 is 2.40 bits per heavy atom. The maximum atomic E-state index is 14.1. The number of aromatic amines is 1. The summed E-state index contributed by atoms with van der Waals surface area (Å²) in [5.41, 5.74) is 1.64. The largest absolute Gasteiger partial charge is 0.496 e. The van der Waals surface area contributed by atoms with Gasteiger partial charge in [0.25, 0.3) is 5.91 Å². The molecule has 4 aliphatic carbocycles. The van der Waals surface area contributed by atoms with Crippen LogP contribution >= 0.6 is 0 Å². The van der Waals surface area contributed by atoms with E-state index in [1.807, 2.05) is 37.4 Å². The van der Waals surface area contributed by atoms with Crippen LogP contribution in [0, 0.1) is 17.8 Å². The lowest BCUT2D eigenvalue weighted by Gasteiger charge is -2.70. The van der Waals surface area contributed by atoms with Crippen molar-refractivity contribution < 1.29 is 31.5 Å². The number of nitrogens with zero attached hydrogens (tertiary/aromatic N) is 1. The number of halogens is 5. The summed E-state index contributed by atoms with van der Waals surface area (Å²) in [6.45, 7) is 3.24. The summed E-state index contributed by atoms with van der Waals surface area (Å²) in [7, 11) is 1.65. The normalized spacial score (nSPS) is 29.5. The first-order valence-electron chi connectivity index (χ1n) is 14.5. The summed E-state index contributed by atoms with van der Waals surface area (Å²) in [6, 6.07) is 11.0. The van der Waals surface area contributed by atoms with Crippen LogP contribution < -0.4 is 10.1 Å². The van der Waals surface area contributed by atoms with E-state index in [2.05, 4.69) is 15.2 Å². The first-order chi connectivity index (χ1) is 19.8. The first-order valence-corrected chi connectivity index (χ1v) is 14.5. The Labute approximate surface area is 240 Å². The van der Waals surface area contributed by atoms with Gasteiger partial charge in [0.2, 0.25) is 5.92 Å². The van der Waals surface area contributed by atoms with Crippen LogP contribution in [0.2, 0.25) is 0 Å². The lowest BCUT2D eigenvalue weighted by Crippen LogP contribution is -2.78. The fourth-order valence-corrected chi connectivity index (χ4v) is 8.44. The van der Waals surface area contributed by atoms with Crippen molar-refractivity contribution in [1.29, 1.82) is 0 Å². The molecule has 2 heterocycles. The highest BCUT2D eigenvalue weighted by atomic mass is 19.4. The average Bonchev–Trinajstić information content (AvgIpc) is 3.36. The smallest absolute Gasteiger partial charge is 0.394 e. The second kappa shape index (κ2) is 8.94. The molecule has 5 aliphatic rings. The Bertz CT molecular complexity index is 1530. The number of benzene rings is 2. The zero-order chi connectivity index (χ0) is 29.7. The minimum absolute atomic E-state index is 0.0615. The Kier molecular flexibility index (Phi) is 5.89. The molecule has 5 nitrogen and oxygen atoms in total. The molecule has 1 aliphatic heterocycles. The predicted octanol–water partition coefficient (Wildman–Crippen LogP) is 7.45. The van der Waals surface area contributed by atoms with Gasteiger partial charge in [-0.1, -0.05) is 12.1 Å². The molecule has 224 valence electrons. The van der Waals surface area contributed by atoms with Gasteiger partial charge >= 0.3 is 6.18 Å². The maximum absolute atomic E-state index is 14.1. The van der Waals surface area contributed by atoms with Gasteiger partial charge in [0.1, 0.15) is 5.75 Å². The van der Waals surface area contributed by atoms with Crippen LogP contribution in [0.15, 0.2) is 42.6 Å². The monoisotopic (exact) mass is 587 g/mol. The molecule has 2 aromatic carbocycles. The van der Waals surface area contributed by atoms with E-state index in [0.29, 0.717) is 31.5 Å². The van der Waals surface area contributed by atoms with Crippen LogP contribution in [0.5, 0.6) is 5.75 Å². The zero-order valence-electron chi connectivity index (χ0n) is 23.6. The van der Waals surface area contributed by atoms with E-state index in [4.69, 9.17) is 4.74 Å². The van der Waals surface area contributed by atoms with E-state index in [1.54, 1.807) is 19.2 Å². The fourth-order valence-electron chi connectivity index (χ4n) is 8.44. The zero-order valence-corrected chi connectivity index (χ0v) is 23.6. The van der Waals surface area contributed by atoms with E-state index in [0.717, 1.165) is 33.3 Å². The van der Waals surface area contributed by atoms with Gasteiger partial charge in [0, 0.05) is 59.2 Å². The third kappa shape index (κ3) is 4.23. The molecule has 1 aromatic heterocycles. The SMILES string of the molecule is COc1cc(C)c2[nH]ccc2c1CN1CCC2(C[C@H]1c1ccc(C(=O)NC34CC(C(F)(F)F)(C3)C4)cc1)CC(F)(F)C2. The highest BCUT2D eigenvalue weighted by Gasteiger charge is 2.79. The minimum atomic E-state index is -4.23. The van der Waals surface area contributed by atoms with Crippen molar-refractivity contribution in [3.05, 3.63) is 64.8 Å². The third-order valence-corrected chi connectivity index (χ3v) is 10.5. The second-order valence-corrected chi connectivity index (χ2v) is 13.5. The molecule has 3 aromatic rings. The molecule has 1 atom stereocenters. The van der Waals surface area contributed by atoms with Gasteiger partial charge in [0.15, 0.2) is 0 Å². The number of nitrogens with one attached hydrogen (secondary N) is 2. The predicted molar refractivity (Wildman–Crippen MR) is 148 cm³/mol. The molecule has 4 saturated carbocycles. The molecule has 42 heavy (non-hydrogen) atoms. The van der Waals surface area contributed by atoms with E-state index >= 15 is 0 Å². The summed E-state index contributed by atoms with van der Waals surface area (Å²) in [4.78, 5) is 18.6. The number of amides is 1. The number of likely N-dealkylation sites (tertiary alicyclic amines) is 1. The highest BCUT2D eigenvalue weighted by molar-refractivity contribution is 5.95. The van der Waals surface area contributed by atoms with Crippen molar-refractivity contribution in [3.63, 3.8) is 0 Å². The number of piperidine rings is 1. The van der Waals surface area contributed by atoms with Crippen LogP contribution in [0.4, 0.5) is 22.0 Å². The number of fused-ring (bicyclic) bond motifs is 1. The molecule has 0 radical (unpaired) electrons. The van der Waals surface area contributed by atoms with Crippen molar-refractivity contribution >= 4 is 16.8 Å². The van der Waals surface area contributed by atoms with Gasteiger partial charge in [0.05, 0.1) is 12.5 Å². The molecule has 1 spiro atoms. The summed E-state index contributed by atoms with van der Waals surface area (Å²) in [5.74, 6) is -2.23. The molecule has 10 heteroatoms. The topological polar surface area (TPSA) is 57.4 Å². The van der Waals surface area contributed by atoms with Gasteiger partial charge in [-0.3, -0.25) is 9.69 Å². The molecule has 8 rings (SSSR count). The number of hydrogen-bond donors (Lipinski definition) is 2. The van der Waals surface area contributed by atoms with Crippen molar-refractivity contribution in [3.8, 4) is 5.75 Å². The van der Waals surface area contributed by atoms with Gasteiger partial charge in [-0.2, -0.15) is 13.2 Å². The van der Waals surface area contributed by atoms with Crippen LogP contribution in [0.1, 0.15) is 78.0 Å². The van der Waals surface area contributed by atoms with Gasteiger partial charge in [-0.05, 0) is 86.4 Å². The number of ether oxygens (including phenoxy) is 1. The molecular formula is C32H34F5N3O2. The number of carbonyl (C=O) groups excluding carboxylic acids is 1. The summed E-state index contributed by atoms with van der Waals surface area (Å²) < 4.78 is 73.6. The Hall–Kier alpha value is -3.14. The number of H-pyrrole nitrogens is 1. The first kappa shape index (κ1) is 27.7. The number of alkyl halides is 5. The Morgan fingerprint density at radius 1 is 1.10 bits per heavy atom. The number of methoxy groups -OCH3 is 1.